The van der Waals surface area contributed by atoms with Crippen LogP contribution in [0, 0.1) is 5.92 Å². The highest BCUT2D eigenvalue weighted by atomic mass is 15.2. The fourth-order valence-corrected chi connectivity index (χ4v) is 3.09. The molecule has 1 unspecified atom stereocenters. The molecule has 1 N–H and O–H groups in total. The largest absolute Gasteiger partial charge is 0.314 e. The Hall–Kier alpha value is -0.0800. The van der Waals surface area contributed by atoms with E-state index in [2.05, 4.69) is 31.0 Å². The van der Waals surface area contributed by atoms with Crippen molar-refractivity contribution in [2.45, 2.75) is 58.0 Å². The summed E-state index contributed by atoms with van der Waals surface area (Å²) in [5.74, 6) is 0.950. The van der Waals surface area contributed by atoms with Crippen molar-refractivity contribution in [2.24, 2.45) is 5.92 Å². The molecule has 2 aliphatic heterocycles. The summed E-state index contributed by atoms with van der Waals surface area (Å²) in [4.78, 5) is 2.64. The molecule has 0 bridgehead atoms. The van der Waals surface area contributed by atoms with Crippen LogP contribution in [0.4, 0.5) is 0 Å². The second kappa shape index (κ2) is 4.42. The van der Waals surface area contributed by atoms with Crippen LogP contribution in [0.5, 0.6) is 0 Å². The first-order chi connectivity index (χ1) is 7.07. The minimum atomic E-state index is 0.369. The van der Waals surface area contributed by atoms with E-state index in [4.69, 9.17) is 0 Å². The Morgan fingerprint density at radius 3 is 2.20 bits per heavy atom. The predicted molar refractivity (Wildman–Crippen MR) is 65.1 cm³/mol. The van der Waals surface area contributed by atoms with Crippen LogP contribution in [-0.4, -0.2) is 36.1 Å². The fourth-order valence-electron chi connectivity index (χ4n) is 3.09. The SMILES string of the molecule is CC(C)(C)N1CCC(C2CCCN2)CC1. The van der Waals surface area contributed by atoms with Crippen molar-refractivity contribution in [3.63, 3.8) is 0 Å². The van der Waals surface area contributed by atoms with Crippen molar-refractivity contribution in [1.29, 1.82) is 0 Å². The molecular formula is C13H26N2. The zero-order valence-electron chi connectivity index (χ0n) is 10.6. The maximum Gasteiger partial charge on any atom is 0.0125 e. The summed E-state index contributed by atoms with van der Waals surface area (Å²) < 4.78 is 0. The van der Waals surface area contributed by atoms with Crippen molar-refractivity contribution in [3.8, 4) is 0 Å². The maximum absolute atomic E-state index is 3.66. The molecule has 0 radical (unpaired) electrons. The van der Waals surface area contributed by atoms with Gasteiger partial charge in [-0.3, -0.25) is 4.90 Å². The van der Waals surface area contributed by atoms with Gasteiger partial charge in [0, 0.05) is 11.6 Å². The van der Waals surface area contributed by atoms with Crippen molar-refractivity contribution < 1.29 is 0 Å². The van der Waals surface area contributed by atoms with Crippen molar-refractivity contribution in [1.82, 2.24) is 10.2 Å². The number of nitrogens with one attached hydrogen (secondary N) is 1. The third-order valence-electron chi connectivity index (χ3n) is 4.16. The van der Waals surface area contributed by atoms with Gasteiger partial charge in [-0.25, -0.2) is 0 Å². The molecule has 0 saturated carbocycles. The Bertz CT molecular complexity index is 193. The molecule has 1 atom stereocenters. The molecule has 0 aliphatic carbocycles. The summed E-state index contributed by atoms with van der Waals surface area (Å²) in [6.45, 7) is 10.9. The topological polar surface area (TPSA) is 15.3 Å². The van der Waals surface area contributed by atoms with Crippen molar-refractivity contribution in [2.75, 3.05) is 19.6 Å². The van der Waals surface area contributed by atoms with Crippen LogP contribution in [0.3, 0.4) is 0 Å². The fraction of sp³-hybridized carbons (Fsp3) is 1.00. The van der Waals surface area contributed by atoms with E-state index >= 15 is 0 Å². The Morgan fingerprint density at radius 2 is 1.73 bits per heavy atom. The number of piperidine rings is 1. The van der Waals surface area contributed by atoms with Gasteiger partial charge in [-0.2, -0.15) is 0 Å². The highest BCUT2D eigenvalue weighted by Gasteiger charge is 2.31. The van der Waals surface area contributed by atoms with Gasteiger partial charge in [-0.1, -0.05) is 0 Å². The van der Waals surface area contributed by atoms with E-state index in [1.807, 2.05) is 0 Å². The molecule has 2 heteroatoms. The van der Waals surface area contributed by atoms with E-state index in [0.717, 1.165) is 12.0 Å². The molecule has 2 heterocycles. The standard InChI is InChI=1S/C13H26N2/c1-13(2,3)15-9-6-11(7-10-15)12-5-4-8-14-12/h11-12,14H,4-10H2,1-3H3. The molecule has 2 fully saturated rings. The van der Waals surface area contributed by atoms with Crippen LogP contribution < -0.4 is 5.32 Å². The monoisotopic (exact) mass is 210 g/mol. The highest BCUT2D eigenvalue weighted by molar-refractivity contribution is 4.88. The molecule has 0 aromatic heterocycles. The zero-order valence-corrected chi connectivity index (χ0v) is 10.6. The van der Waals surface area contributed by atoms with E-state index in [1.54, 1.807) is 0 Å². The molecule has 2 rings (SSSR count). The van der Waals surface area contributed by atoms with Crippen LogP contribution in [0.2, 0.25) is 0 Å². The third kappa shape index (κ3) is 2.73. The lowest BCUT2D eigenvalue weighted by Gasteiger charge is -2.42. The van der Waals surface area contributed by atoms with E-state index < -0.39 is 0 Å². The van der Waals surface area contributed by atoms with E-state index in [1.165, 1.54) is 45.3 Å². The molecule has 0 aromatic carbocycles. The quantitative estimate of drug-likeness (QED) is 0.714. The second-order valence-corrected chi connectivity index (χ2v) is 6.20. The van der Waals surface area contributed by atoms with Crippen LogP contribution in [-0.2, 0) is 0 Å². The van der Waals surface area contributed by atoms with E-state index in [-0.39, 0.29) is 0 Å². The smallest absolute Gasteiger partial charge is 0.0125 e. The summed E-state index contributed by atoms with van der Waals surface area (Å²) >= 11 is 0. The minimum absolute atomic E-state index is 0.369. The van der Waals surface area contributed by atoms with Gasteiger partial charge in [-0.15, -0.1) is 0 Å². The van der Waals surface area contributed by atoms with Crippen LogP contribution >= 0.6 is 0 Å². The van der Waals surface area contributed by atoms with Gasteiger partial charge in [0.25, 0.3) is 0 Å². The molecule has 0 amide bonds. The highest BCUT2D eigenvalue weighted by Crippen LogP contribution is 2.28. The average Bonchev–Trinajstić information content (AvgIpc) is 2.69. The molecule has 88 valence electrons. The molecule has 2 saturated heterocycles. The Kier molecular flexibility index (Phi) is 3.36. The first kappa shape index (κ1) is 11.4. The molecule has 0 aromatic rings. The number of likely N-dealkylation sites (tertiary alicyclic amines) is 1. The van der Waals surface area contributed by atoms with Gasteiger partial charge in [0.05, 0.1) is 0 Å². The molecular weight excluding hydrogens is 184 g/mol. The lowest BCUT2D eigenvalue weighted by molar-refractivity contribution is 0.0787. The second-order valence-electron chi connectivity index (χ2n) is 6.20. The Morgan fingerprint density at radius 1 is 1.07 bits per heavy atom. The number of nitrogens with zero attached hydrogens (tertiary/aromatic N) is 1. The Labute approximate surface area is 94.4 Å². The average molecular weight is 210 g/mol. The van der Waals surface area contributed by atoms with Gasteiger partial charge >= 0.3 is 0 Å². The van der Waals surface area contributed by atoms with Crippen molar-refractivity contribution in [3.05, 3.63) is 0 Å². The first-order valence-corrected chi connectivity index (χ1v) is 6.56. The van der Waals surface area contributed by atoms with Gasteiger partial charge in [0.15, 0.2) is 0 Å². The number of hydrogen-bond acceptors (Lipinski definition) is 2. The zero-order chi connectivity index (χ0) is 10.9. The molecule has 2 aliphatic rings. The summed E-state index contributed by atoms with van der Waals surface area (Å²) in [5.41, 5.74) is 0.369. The van der Waals surface area contributed by atoms with Gasteiger partial charge in [-0.05, 0) is 72.0 Å². The summed E-state index contributed by atoms with van der Waals surface area (Å²) in [5, 5.41) is 3.66. The van der Waals surface area contributed by atoms with Gasteiger partial charge < -0.3 is 5.32 Å². The van der Waals surface area contributed by atoms with Crippen LogP contribution in [0.15, 0.2) is 0 Å². The predicted octanol–water partition coefficient (Wildman–Crippen LogP) is 2.25. The minimum Gasteiger partial charge on any atom is -0.314 e. The van der Waals surface area contributed by atoms with E-state index in [9.17, 15) is 0 Å². The third-order valence-corrected chi connectivity index (χ3v) is 4.16. The van der Waals surface area contributed by atoms with Crippen LogP contribution in [0.1, 0.15) is 46.5 Å². The van der Waals surface area contributed by atoms with E-state index in [0.29, 0.717) is 5.54 Å². The number of rotatable bonds is 1. The van der Waals surface area contributed by atoms with Gasteiger partial charge in [0.2, 0.25) is 0 Å². The molecule has 2 nitrogen and oxygen atoms in total. The summed E-state index contributed by atoms with van der Waals surface area (Å²) in [6, 6.07) is 0.840. The normalized spacial score (nSPS) is 31.0. The van der Waals surface area contributed by atoms with Gasteiger partial charge in [0.1, 0.15) is 0 Å². The Balaban J connectivity index is 1.81. The summed E-state index contributed by atoms with van der Waals surface area (Å²) in [6.07, 6.45) is 5.61. The lowest BCUT2D eigenvalue weighted by Crippen LogP contribution is -2.48. The number of hydrogen-bond donors (Lipinski definition) is 1. The van der Waals surface area contributed by atoms with Crippen LogP contribution in [0.25, 0.3) is 0 Å². The lowest BCUT2D eigenvalue weighted by atomic mass is 9.87. The maximum atomic E-state index is 3.66. The first-order valence-electron chi connectivity index (χ1n) is 6.56. The van der Waals surface area contributed by atoms with Crippen molar-refractivity contribution >= 4 is 0 Å². The molecule has 15 heavy (non-hydrogen) atoms. The summed E-state index contributed by atoms with van der Waals surface area (Å²) in [7, 11) is 0. The molecule has 0 spiro atoms.